The second kappa shape index (κ2) is 7.43. The molecule has 0 bridgehead atoms. The van der Waals surface area contributed by atoms with Gasteiger partial charge in [0.05, 0.1) is 12.0 Å². The van der Waals surface area contributed by atoms with Crippen LogP contribution in [0.4, 0.5) is 5.95 Å². The number of rotatable bonds is 4. The van der Waals surface area contributed by atoms with Crippen LogP contribution in [0, 0.1) is 11.3 Å². The molecule has 6 heteroatoms. The first-order valence-corrected chi connectivity index (χ1v) is 11.2. The van der Waals surface area contributed by atoms with Gasteiger partial charge < -0.3 is 5.32 Å². The van der Waals surface area contributed by atoms with E-state index in [4.69, 9.17) is 10.1 Å². The summed E-state index contributed by atoms with van der Waals surface area (Å²) in [4.78, 5) is 18.0. The van der Waals surface area contributed by atoms with Gasteiger partial charge in [0.15, 0.2) is 0 Å². The minimum Gasteiger partial charge on any atom is -0.328 e. The van der Waals surface area contributed by atoms with E-state index in [-0.39, 0.29) is 23.2 Å². The normalized spacial score (nSPS) is 21.9. The summed E-state index contributed by atoms with van der Waals surface area (Å²) in [6.07, 6.45) is 2.73. The highest BCUT2D eigenvalue weighted by molar-refractivity contribution is 7.98. The predicted octanol–water partition coefficient (Wildman–Crippen LogP) is 5.08. The molecule has 0 unspecified atom stereocenters. The Morgan fingerprint density at radius 2 is 1.80 bits per heavy atom. The van der Waals surface area contributed by atoms with Gasteiger partial charge in [-0.1, -0.05) is 92.3 Å². The molecule has 0 saturated heterocycles. The van der Waals surface area contributed by atoms with Crippen LogP contribution in [0.5, 0.6) is 0 Å². The zero-order valence-corrected chi connectivity index (χ0v) is 17.9. The number of Topliss-reactive ketones (excluding diaryl/α,β-unsaturated/α-hetero) is 1. The molecule has 2 aromatic carbocycles. The fourth-order valence-electron chi connectivity index (χ4n) is 4.37. The number of benzene rings is 2. The molecule has 5 rings (SSSR count). The Morgan fingerprint density at radius 1 is 1.10 bits per heavy atom. The Balaban J connectivity index is 1.54. The number of allylic oxidation sites excluding steroid dienone is 2. The summed E-state index contributed by atoms with van der Waals surface area (Å²) in [6, 6.07) is 20.3. The predicted molar refractivity (Wildman–Crippen MR) is 119 cm³/mol. The van der Waals surface area contributed by atoms with E-state index in [0.717, 1.165) is 17.0 Å². The summed E-state index contributed by atoms with van der Waals surface area (Å²) >= 11 is 1.61. The standard InChI is InChI=1S/C24H24N4OS/c1-24(2)13-18-20(19(29)14-24)21(17-11-7-4-8-12-17)28-22(25-18)26-23(27-28)30-15-16-9-5-3-6-10-16/h3-13,20-21H,14-15H2,1-2H3,(H,25,26,27)/t20-,21-/m1/s1. The number of carbonyl (C=O) groups excluding carboxylic acids is 1. The molecular weight excluding hydrogens is 392 g/mol. The van der Waals surface area contributed by atoms with E-state index in [2.05, 4.69) is 49.5 Å². The zero-order valence-electron chi connectivity index (χ0n) is 17.1. The van der Waals surface area contributed by atoms with Gasteiger partial charge in [0.2, 0.25) is 11.1 Å². The monoisotopic (exact) mass is 416 g/mol. The van der Waals surface area contributed by atoms with Crippen molar-refractivity contribution in [1.29, 1.82) is 0 Å². The number of fused-ring (bicyclic) bond motifs is 2. The van der Waals surface area contributed by atoms with Crippen molar-refractivity contribution in [2.45, 2.75) is 37.2 Å². The lowest BCUT2D eigenvalue weighted by molar-refractivity contribution is -0.125. The largest absolute Gasteiger partial charge is 0.328 e. The van der Waals surface area contributed by atoms with Crippen molar-refractivity contribution in [1.82, 2.24) is 14.8 Å². The van der Waals surface area contributed by atoms with Crippen molar-refractivity contribution in [2.75, 3.05) is 5.32 Å². The minimum atomic E-state index is -0.262. The molecule has 5 nitrogen and oxygen atoms in total. The highest BCUT2D eigenvalue weighted by Gasteiger charge is 2.45. The minimum absolute atomic E-state index is 0.162. The summed E-state index contributed by atoms with van der Waals surface area (Å²) in [5, 5.41) is 8.95. The van der Waals surface area contributed by atoms with Crippen molar-refractivity contribution >= 4 is 23.5 Å². The summed E-state index contributed by atoms with van der Waals surface area (Å²) < 4.78 is 1.90. The van der Waals surface area contributed by atoms with Gasteiger partial charge in [0, 0.05) is 17.9 Å². The number of hydrogen-bond acceptors (Lipinski definition) is 5. The van der Waals surface area contributed by atoms with Crippen LogP contribution in [0.3, 0.4) is 0 Å². The molecule has 3 aromatic rings. The first kappa shape index (κ1) is 19.1. The maximum atomic E-state index is 13.2. The molecule has 2 atom stereocenters. The van der Waals surface area contributed by atoms with E-state index in [0.29, 0.717) is 17.5 Å². The third kappa shape index (κ3) is 3.56. The number of ketones is 1. The third-order valence-electron chi connectivity index (χ3n) is 5.66. The highest BCUT2D eigenvalue weighted by atomic mass is 32.2. The van der Waals surface area contributed by atoms with E-state index in [1.807, 2.05) is 41.1 Å². The van der Waals surface area contributed by atoms with Crippen LogP contribution in [0.15, 0.2) is 77.6 Å². The molecule has 2 aliphatic rings. The van der Waals surface area contributed by atoms with E-state index in [9.17, 15) is 4.79 Å². The maximum absolute atomic E-state index is 13.2. The van der Waals surface area contributed by atoms with Crippen LogP contribution in [0.2, 0.25) is 0 Å². The van der Waals surface area contributed by atoms with Gasteiger partial charge in [-0.15, -0.1) is 5.10 Å². The molecular formula is C24H24N4OS. The van der Waals surface area contributed by atoms with Crippen LogP contribution in [-0.4, -0.2) is 20.5 Å². The molecule has 0 radical (unpaired) electrons. The number of thioether (sulfide) groups is 1. The summed E-state index contributed by atoms with van der Waals surface area (Å²) in [5.74, 6) is 1.49. The molecule has 0 spiro atoms. The van der Waals surface area contributed by atoms with Gasteiger partial charge in [0.1, 0.15) is 5.78 Å². The Morgan fingerprint density at radius 3 is 2.53 bits per heavy atom. The molecule has 152 valence electrons. The smallest absolute Gasteiger partial charge is 0.227 e. The van der Waals surface area contributed by atoms with Gasteiger partial charge in [-0.05, 0) is 16.5 Å². The first-order chi connectivity index (χ1) is 14.5. The quantitative estimate of drug-likeness (QED) is 0.601. The van der Waals surface area contributed by atoms with Gasteiger partial charge >= 0.3 is 0 Å². The molecule has 0 saturated carbocycles. The molecule has 2 heterocycles. The summed E-state index contributed by atoms with van der Waals surface area (Å²) in [7, 11) is 0. The summed E-state index contributed by atoms with van der Waals surface area (Å²) in [5.41, 5.74) is 3.10. The maximum Gasteiger partial charge on any atom is 0.227 e. The summed E-state index contributed by atoms with van der Waals surface area (Å²) in [6.45, 7) is 4.21. The number of anilines is 1. The zero-order chi connectivity index (χ0) is 20.7. The highest BCUT2D eigenvalue weighted by Crippen LogP contribution is 2.45. The van der Waals surface area contributed by atoms with Gasteiger partial charge in [-0.2, -0.15) is 4.98 Å². The Kier molecular flexibility index (Phi) is 4.74. The van der Waals surface area contributed by atoms with Crippen molar-refractivity contribution in [3.8, 4) is 0 Å². The molecule has 0 amide bonds. The van der Waals surface area contributed by atoms with Crippen molar-refractivity contribution in [2.24, 2.45) is 11.3 Å². The molecule has 30 heavy (non-hydrogen) atoms. The average Bonchev–Trinajstić information content (AvgIpc) is 3.13. The van der Waals surface area contributed by atoms with Crippen LogP contribution in [0.25, 0.3) is 0 Å². The Labute approximate surface area is 180 Å². The van der Waals surface area contributed by atoms with E-state index >= 15 is 0 Å². The van der Waals surface area contributed by atoms with Crippen LogP contribution in [0.1, 0.15) is 37.4 Å². The molecule has 1 aromatic heterocycles. The van der Waals surface area contributed by atoms with Crippen LogP contribution < -0.4 is 5.32 Å². The lowest BCUT2D eigenvalue weighted by Gasteiger charge is -2.40. The number of aromatic nitrogens is 3. The van der Waals surface area contributed by atoms with Crippen molar-refractivity contribution in [3.63, 3.8) is 0 Å². The van der Waals surface area contributed by atoms with Gasteiger partial charge in [0.25, 0.3) is 0 Å². The van der Waals surface area contributed by atoms with E-state index in [1.54, 1.807) is 11.8 Å². The number of hydrogen-bond donors (Lipinski definition) is 1. The number of nitrogens with zero attached hydrogens (tertiary/aromatic N) is 3. The first-order valence-electron chi connectivity index (χ1n) is 10.2. The van der Waals surface area contributed by atoms with Crippen LogP contribution in [-0.2, 0) is 10.5 Å². The van der Waals surface area contributed by atoms with E-state index < -0.39 is 0 Å². The molecule has 1 aliphatic carbocycles. The van der Waals surface area contributed by atoms with Gasteiger partial charge in [-0.25, -0.2) is 4.68 Å². The van der Waals surface area contributed by atoms with Crippen molar-refractivity contribution in [3.05, 3.63) is 83.6 Å². The molecule has 0 fully saturated rings. The second-order valence-corrected chi connectivity index (χ2v) is 9.57. The lowest BCUT2D eigenvalue weighted by atomic mass is 9.72. The topological polar surface area (TPSA) is 59.8 Å². The fourth-order valence-corrected chi connectivity index (χ4v) is 5.16. The van der Waals surface area contributed by atoms with E-state index in [1.165, 1.54) is 5.56 Å². The number of nitrogens with one attached hydrogen (secondary N) is 1. The molecule has 1 aliphatic heterocycles. The average molecular weight is 417 g/mol. The SMILES string of the molecule is CC1(C)C=C2Nc3nc(SCc4ccccc4)nn3[C@H](c3ccccc3)[C@H]2C(=O)C1. The number of carbonyl (C=O) groups is 1. The van der Waals surface area contributed by atoms with Gasteiger partial charge in [-0.3, -0.25) is 4.79 Å². The second-order valence-electron chi connectivity index (χ2n) is 8.63. The Bertz CT molecular complexity index is 1100. The fraction of sp³-hybridized carbons (Fsp3) is 0.292. The third-order valence-corrected chi connectivity index (χ3v) is 6.57. The Hall–Kier alpha value is -2.86. The molecule has 1 N–H and O–H groups in total. The van der Waals surface area contributed by atoms with Crippen LogP contribution >= 0.6 is 11.8 Å². The lowest BCUT2D eigenvalue weighted by Crippen LogP contribution is -2.42. The van der Waals surface area contributed by atoms with Crippen molar-refractivity contribution < 1.29 is 4.79 Å².